The minimum absolute atomic E-state index is 0.500. The molecular weight excluding hydrogens is 210 g/mol. The fourth-order valence-electron chi connectivity index (χ4n) is 1.23. The Morgan fingerprint density at radius 2 is 2.33 bits per heavy atom. The van der Waals surface area contributed by atoms with Crippen molar-refractivity contribution in [2.75, 3.05) is 13.1 Å². The van der Waals surface area contributed by atoms with Crippen LogP contribution < -0.4 is 11.1 Å². The summed E-state index contributed by atoms with van der Waals surface area (Å²) in [6.07, 6.45) is 0.854. The van der Waals surface area contributed by atoms with Gasteiger partial charge in [0.05, 0.1) is 0 Å². The van der Waals surface area contributed by atoms with Crippen molar-refractivity contribution < 1.29 is 0 Å². The van der Waals surface area contributed by atoms with Crippen LogP contribution in [0, 0.1) is 0 Å². The van der Waals surface area contributed by atoms with Gasteiger partial charge in [-0.2, -0.15) is 0 Å². The number of rotatable bonds is 4. The minimum Gasteiger partial charge on any atom is -0.370 e. The van der Waals surface area contributed by atoms with Crippen molar-refractivity contribution in [3.63, 3.8) is 0 Å². The van der Waals surface area contributed by atoms with Gasteiger partial charge in [0.25, 0.3) is 0 Å². The molecule has 0 fully saturated rings. The Hall–Kier alpha value is -1.22. The summed E-state index contributed by atoms with van der Waals surface area (Å²) in [4.78, 5) is 4.18. The first-order chi connectivity index (χ1) is 7.22. The van der Waals surface area contributed by atoms with Crippen LogP contribution in [0.15, 0.2) is 29.3 Å². The lowest BCUT2D eigenvalue weighted by Gasteiger charge is -2.02. The Balaban J connectivity index is 2.40. The van der Waals surface area contributed by atoms with Crippen LogP contribution in [-0.4, -0.2) is 19.0 Å². The Morgan fingerprint density at radius 1 is 1.53 bits per heavy atom. The fourth-order valence-corrected chi connectivity index (χ4v) is 1.45. The molecule has 0 unspecified atom stereocenters. The number of hydrogen-bond donors (Lipinski definition) is 2. The Morgan fingerprint density at radius 3 is 3.00 bits per heavy atom. The molecule has 4 heteroatoms. The molecule has 0 saturated heterocycles. The molecule has 0 heterocycles. The van der Waals surface area contributed by atoms with Crippen LogP contribution in [0.1, 0.15) is 12.5 Å². The van der Waals surface area contributed by atoms with Crippen molar-refractivity contribution >= 4 is 17.6 Å². The first-order valence-corrected chi connectivity index (χ1v) is 5.38. The van der Waals surface area contributed by atoms with Gasteiger partial charge in [-0.15, -0.1) is 0 Å². The molecule has 1 aromatic rings. The highest BCUT2D eigenvalue weighted by atomic mass is 35.5. The lowest BCUT2D eigenvalue weighted by Crippen LogP contribution is -2.31. The predicted octanol–water partition coefficient (Wildman–Crippen LogP) is 1.81. The lowest BCUT2D eigenvalue weighted by atomic mass is 10.1. The molecule has 15 heavy (non-hydrogen) atoms. The van der Waals surface area contributed by atoms with Gasteiger partial charge in [0.2, 0.25) is 0 Å². The van der Waals surface area contributed by atoms with E-state index in [4.69, 9.17) is 17.3 Å². The SMILES string of the molecule is CCNC(N)=NCCc1cccc(Cl)c1. The van der Waals surface area contributed by atoms with Crippen LogP contribution in [0.3, 0.4) is 0 Å². The van der Waals surface area contributed by atoms with Gasteiger partial charge in [-0.3, -0.25) is 4.99 Å². The average molecular weight is 226 g/mol. The van der Waals surface area contributed by atoms with Crippen LogP contribution in [0.4, 0.5) is 0 Å². The number of nitrogens with zero attached hydrogens (tertiary/aromatic N) is 1. The van der Waals surface area contributed by atoms with Crippen LogP contribution in [0.2, 0.25) is 5.02 Å². The third-order valence-corrected chi connectivity index (χ3v) is 2.16. The normalized spacial score (nSPS) is 11.5. The number of aliphatic imine (C=N–C) groups is 1. The first kappa shape index (κ1) is 11.9. The molecule has 0 aromatic heterocycles. The number of halogens is 1. The van der Waals surface area contributed by atoms with Gasteiger partial charge < -0.3 is 11.1 Å². The molecule has 0 aliphatic heterocycles. The quantitative estimate of drug-likeness (QED) is 0.607. The van der Waals surface area contributed by atoms with Crippen LogP contribution >= 0.6 is 11.6 Å². The zero-order valence-corrected chi connectivity index (χ0v) is 9.59. The maximum atomic E-state index is 5.86. The largest absolute Gasteiger partial charge is 0.370 e. The molecule has 0 radical (unpaired) electrons. The molecule has 0 saturated carbocycles. The Labute approximate surface area is 95.3 Å². The number of guanidine groups is 1. The predicted molar refractivity (Wildman–Crippen MR) is 65.3 cm³/mol. The molecule has 0 amide bonds. The summed E-state index contributed by atoms with van der Waals surface area (Å²) in [5.41, 5.74) is 6.77. The van der Waals surface area contributed by atoms with E-state index in [1.807, 2.05) is 31.2 Å². The first-order valence-electron chi connectivity index (χ1n) is 5.00. The smallest absolute Gasteiger partial charge is 0.188 e. The summed E-state index contributed by atoms with van der Waals surface area (Å²) < 4.78 is 0. The lowest BCUT2D eigenvalue weighted by molar-refractivity contribution is 0.905. The second-order valence-electron chi connectivity index (χ2n) is 3.18. The molecule has 0 spiro atoms. The van der Waals surface area contributed by atoms with E-state index in [0.717, 1.165) is 18.0 Å². The highest BCUT2D eigenvalue weighted by Gasteiger charge is 1.94. The van der Waals surface area contributed by atoms with E-state index in [2.05, 4.69) is 10.3 Å². The van der Waals surface area contributed by atoms with E-state index in [0.29, 0.717) is 12.5 Å². The topological polar surface area (TPSA) is 50.4 Å². The van der Waals surface area contributed by atoms with Crippen LogP contribution in [0.25, 0.3) is 0 Å². The molecule has 3 N–H and O–H groups in total. The fraction of sp³-hybridized carbons (Fsp3) is 0.364. The van der Waals surface area contributed by atoms with Gasteiger partial charge in [-0.05, 0) is 31.0 Å². The van der Waals surface area contributed by atoms with Crippen molar-refractivity contribution in [3.05, 3.63) is 34.9 Å². The van der Waals surface area contributed by atoms with Crippen molar-refractivity contribution in [3.8, 4) is 0 Å². The molecule has 82 valence electrons. The summed E-state index contributed by atoms with van der Waals surface area (Å²) in [6, 6.07) is 7.78. The average Bonchev–Trinajstić information content (AvgIpc) is 2.18. The van der Waals surface area contributed by atoms with E-state index in [9.17, 15) is 0 Å². The summed E-state index contributed by atoms with van der Waals surface area (Å²) in [5.74, 6) is 0.500. The maximum Gasteiger partial charge on any atom is 0.188 e. The number of nitrogens with two attached hydrogens (primary N) is 1. The van der Waals surface area contributed by atoms with Gasteiger partial charge in [0.1, 0.15) is 0 Å². The zero-order valence-electron chi connectivity index (χ0n) is 8.83. The summed E-state index contributed by atoms with van der Waals surface area (Å²) in [6.45, 7) is 3.46. The maximum absolute atomic E-state index is 5.86. The van der Waals surface area contributed by atoms with Gasteiger partial charge in [0, 0.05) is 18.1 Å². The van der Waals surface area contributed by atoms with E-state index >= 15 is 0 Å². The van der Waals surface area contributed by atoms with E-state index in [1.54, 1.807) is 0 Å². The molecular formula is C11H16ClN3. The summed E-state index contributed by atoms with van der Waals surface area (Å²) in [5, 5.41) is 3.71. The molecule has 0 aliphatic rings. The second-order valence-corrected chi connectivity index (χ2v) is 3.61. The highest BCUT2D eigenvalue weighted by molar-refractivity contribution is 6.30. The molecule has 1 aromatic carbocycles. The standard InChI is InChI=1S/C11H16ClN3/c1-2-14-11(13)15-7-6-9-4-3-5-10(12)8-9/h3-5,8H,2,6-7H2,1H3,(H3,13,14,15). The Kier molecular flexibility index (Phi) is 4.98. The zero-order chi connectivity index (χ0) is 11.1. The van der Waals surface area contributed by atoms with Crippen molar-refractivity contribution in [1.82, 2.24) is 5.32 Å². The molecule has 3 nitrogen and oxygen atoms in total. The molecule has 0 atom stereocenters. The van der Waals surface area contributed by atoms with E-state index < -0.39 is 0 Å². The number of benzene rings is 1. The molecule has 0 aliphatic carbocycles. The molecule has 0 bridgehead atoms. The summed E-state index contributed by atoms with van der Waals surface area (Å²) in [7, 11) is 0. The number of hydrogen-bond acceptors (Lipinski definition) is 1. The van der Waals surface area contributed by atoms with Gasteiger partial charge in [-0.1, -0.05) is 23.7 Å². The van der Waals surface area contributed by atoms with Crippen molar-refractivity contribution in [1.29, 1.82) is 0 Å². The van der Waals surface area contributed by atoms with Crippen LogP contribution in [-0.2, 0) is 6.42 Å². The Bertz CT molecular complexity index is 336. The highest BCUT2D eigenvalue weighted by Crippen LogP contribution is 2.10. The summed E-state index contributed by atoms with van der Waals surface area (Å²) >= 11 is 5.86. The van der Waals surface area contributed by atoms with Crippen molar-refractivity contribution in [2.45, 2.75) is 13.3 Å². The third-order valence-electron chi connectivity index (χ3n) is 1.93. The third kappa shape index (κ3) is 4.70. The van der Waals surface area contributed by atoms with E-state index in [1.165, 1.54) is 5.56 Å². The monoisotopic (exact) mass is 225 g/mol. The van der Waals surface area contributed by atoms with Crippen molar-refractivity contribution in [2.24, 2.45) is 10.7 Å². The minimum atomic E-state index is 0.500. The molecule has 1 rings (SSSR count). The van der Waals surface area contributed by atoms with Gasteiger partial charge in [0.15, 0.2) is 5.96 Å². The van der Waals surface area contributed by atoms with E-state index in [-0.39, 0.29) is 0 Å². The number of nitrogens with one attached hydrogen (secondary N) is 1. The van der Waals surface area contributed by atoms with Gasteiger partial charge >= 0.3 is 0 Å². The second kappa shape index (κ2) is 6.30. The van der Waals surface area contributed by atoms with Crippen LogP contribution in [0.5, 0.6) is 0 Å². The van der Waals surface area contributed by atoms with Gasteiger partial charge in [-0.25, -0.2) is 0 Å².